The van der Waals surface area contributed by atoms with Crippen LogP contribution in [0.15, 0.2) is 0 Å². The SMILES string of the molecule is CC(C)COC(=O)CCNCCNC(=O)OCOP(=O)(OCC(C)C)OCC(C)C. The van der Waals surface area contributed by atoms with Crippen molar-refractivity contribution < 1.29 is 37.2 Å². The summed E-state index contributed by atoms with van der Waals surface area (Å²) in [6.07, 6.45) is -0.472. The van der Waals surface area contributed by atoms with Crippen LogP contribution in [0.1, 0.15) is 48.0 Å². The highest BCUT2D eigenvalue weighted by Crippen LogP contribution is 2.50. The molecule has 0 fully saturated rings. The summed E-state index contributed by atoms with van der Waals surface area (Å²) in [6.45, 7) is 13.0. The van der Waals surface area contributed by atoms with E-state index in [-0.39, 0.29) is 44.0 Å². The number of alkyl carbamates (subject to hydrolysis) is 1. The molecule has 0 bridgehead atoms. The Morgan fingerprint density at radius 3 is 1.87 bits per heavy atom. The summed E-state index contributed by atoms with van der Waals surface area (Å²) in [5.74, 6) is 0.319. The van der Waals surface area contributed by atoms with Gasteiger partial charge in [-0.3, -0.25) is 13.8 Å². The van der Waals surface area contributed by atoms with Gasteiger partial charge in [0.05, 0.1) is 26.2 Å². The molecule has 0 saturated heterocycles. The number of ether oxygens (including phenoxy) is 2. The third-order valence-corrected chi connectivity index (χ3v) is 4.54. The van der Waals surface area contributed by atoms with E-state index in [0.29, 0.717) is 25.6 Å². The molecule has 0 aromatic heterocycles. The van der Waals surface area contributed by atoms with Gasteiger partial charge in [0.15, 0.2) is 0 Å². The Hall–Kier alpha value is -1.19. The summed E-state index contributed by atoms with van der Waals surface area (Å²) in [5, 5.41) is 5.51. The standard InChI is InChI=1S/C19H39N2O8P/c1-15(2)11-25-18(22)7-8-20-9-10-21-19(23)26-14-29-30(24,27-12-16(3)4)28-13-17(5)6/h15-17,20H,7-14H2,1-6H3,(H,21,23). The molecule has 0 heterocycles. The summed E-state index contributed by atoms with van der Waals surface area (Å²) in [4.78, 5) is 23.1. The number of phosphoric ester groups is 1. The second kappa shape index (κ2) is 16.5. The van der Waals surface area contributed by atoms with Crippen molar-refractivity contribution in [1.82, 2.24) is 10.6 Å². The van der Waals surface area contributed by atoms with E-state index in [2.05, 4.69) is 10.6 Å². The minimum atomic E-state index is -3.81. The first-order valence-electron chi connectivity index (χ1n) is 10.3. The van der Waals surface area contributed by atoms with E-state index in [9.17, 15) is 14.2 Å². The molecule has 2 N–H and O–H groups in total. The quantitative estimate of drug-likeness (QED) is 0.147. The Kier molecular flexibility index (Phi) is 15.8. The highest BCUT2D eigenvalue weighted by atomic mass is 31.2. The molecule has 0 aliphatic heterocycles. The monoisotopic (exact) mass is 454 g/mol. The van der Waals surface area contributed by atoms with Crippen LogP contribution in [0, 0.1) is 17.8 Å². The fourth-order valence-corrected chi connectivity index (χ4v) is 3.05. The molecule has 1 amide bonds. The summed E-state index contributed by atoms with van der Waals surface area (Å²) in [7, 11) is -3.81. The van der Waals surface area contributed by atoms with Gasteiger partial charge in [-0.1, -0.05) is 41.5 Å². The Morgan fingerprint density at radius 1 is 0.767 bits per heavy atom. The molecule has 10 nitrogen and oxygen atoms in total. The molecule has 30 heavy (non-hydrogen) atoms. The van der Waals surface area contributed by atoms with Crippen LogP contribution in [0.4, 0.5) is 4.79 Å². The molecule has 0 aliphatic rings. The lowest BCUT2D eigenvalue weighted by atomic mass is 10.2. The maximum Gasteiger partial charge on any atom is 0.477 e. The maximum atomic E-state index is 12.5. The first kappa shape index (κ1) is 28.8. The molecule has 11 heteroatoms. The van der Waals surface area contributed by atoms with Gasteiger partial charge in [-0.2, -0.15) is 0 Å². The van der Waals surface area contributed by atoms with Crippen LogP contribution in [-0.2, 0) is 32.4 Å². The summed E-state index contributed by atoms with van der Waals surface area (Å²) < 4.78 is 38.0. The highest BCUT2D eigenvalue weighted by Gasteiger charge is 2.28. The molecule has 178 valence electrons. The molecule has 0 radical (unpaired) electrons. The number of rotatable bonds is 17. The number of phosphoric acid groups is 1. The van der Waals surface area contributed by atoms with E-state index in [1.807, 2.05) is 41.5 Å². The predicted molar refractivity (Wildman–Crippen MR) is 113 cm³/mol. The van der Waals surface area contributed by atoms with Crippen LogP contribution in [0.25, 0.3) is 0 Å². The zero-order chi connectivity index (χ0) is 23.0. The predicted octanol–water partition coefficient (Wildman–Crippen LogP) is 3.32. The molecule has 0 aromatic carbocycles. The van der Waals surface area contributed by atoms with Crippen molar-refractivity contribution in [3.63, 3.8) is 0 Å². The summed E-state index contributed by atoms with van der Waals surface area (Å²) in [5.41, 5.74) is 0. The molecule has 0 aliphatic carbocycles. The van der Waals surface area contributed by atoms with Crippen molar-refractivity contribution in [3.05, 3.63) is 0 Å². The minimum Gasteiger partial charge on any atom is -0.465 e. The van der Waals surface area contributed by atoms with Crippen molar-refractivity contribution in [2.75, 3.05) is 46.2 Å². The molecular formula is C19H39N2O8P. The first-order chi connectivity index (χ1) is 14.0. The van der Waals surface area contributed by atoms with Gasteiger partial charge in [-0.05, 0) is 17.8 Å². The van der Waals surface area contributed by atoms with Crippen LogP contribution < -0.4 is 10.6 Å². The van der Waals surface area contributed by atoms with Crippen LogP contribution in [0.2, 0.25) is 0 Å². The van der Waals surface area contributed by atoms with Gasteiger partial charge in [0, 0.05) is 19.6 Å². The minimum absolute atomic E-state index is 0.137. The summed E-state index contributed by atoms with van der Waals surface area (Å²) >= 11 is 0. The fourth-order valence-electron chi connectivity index (χ4n) is 1.69. The first-order valence-corrected chi connectivity index (χ1v) is 11.8. The van der Waals surface area contributed by atoms with Gasteiger partial charge in [0.2, 0.25) is 6.79 Å². The smallest absolute Gasteiger partial charge is 0.465 e. The Morgan fingerprint density at radius 2 is 1.33 bits per heavy atom. The van der Waals surface area contributed by atoms with Gasteiger partial charge >= 0.3 is 19.9 Å². The van der Waals surface area contributed by atoms with Crippen molar-refractivity contribution in [2.24, 2.45) is 17.8 Å². The highest BCUT2D eigenvalue weighted by molar-refractivity contribution is 7.48. The van der Waals surface area contributed by atoms with Crippen LogP contribution in [-0.4, -0.2) is 58.3 Å². The second-order valence-corrected chi connectivity index (χ2v) is 9.68. The number of hydrogen-bond donors (Lipinski definition) is 2. The maximum absolute atomic E-state index is 12.5. The number of carbonyl (C=O) groups excluding carboxylic acids is 2. The van der Waals surface area contributed by atoms with Gasteiger partial charge in [0.1, 0.15) is 0 Å². The number of carbonyl (C=O) groups is 2. The van der Waals surface area contributed by atoms with Crippen LogP contribution in [0.3, 0.4) is 0 Å². The topological polar surface area (TPSA) is 121 Å². The average Bonchev–Trinajstić information content (AvgIpc) is 2.66. The Balaban J connectivity index is 3.96. The van der Waals surface area contributed by atoms with Crippen molar-refractivity contribution >= 4 is 19.9 Å². The third kappa shape index (κ3) is 17.7. The van der Waals surface area contributed by atoms with Gasteiger partial charge in [-0.25, -0.2) is 13.9 Å². The largest absolute Gasteiger partial charge is 0.477 e. The molecular weight excluding hydrogens is 415 g/mol. The van der Waals surface area contributed by atoms with E-state index in [1.165, 1.54) is 0 Å². The number of esters is 1. The Labute approximate surface area is 180 Å². The van der Waals surface area contributed by atoms with E-state index in [4.69, 9.17) is 23.0 Å². The number of nitrogens with one attached hydrogen (secondary N) is 2. The second-order valence-electron chi connectivity index (χ2n) is 8.01. The van der Waals surface area contributed by atoms with Crippen molar-refractivity contribution in [1.29, 1.82) is 0 Å². The van der Waals surface area contributed by atoms with Crippen LogP contribution >= 0.6 is 7.82 Å². The lowest BCUT2D eigenvalue weighted by molar-refractivity contribution is -0.144. The van der Waals surface area contributed by atoms with Gasteiger partial charge < -0.3 is 20.1 Å². The zero-order valence-electron chi connectivity index (χ0n) is 19.1. The van der Waals surface area contributed by atoms with E-state index in [0.717, 1.165) is 0 Å². The molecule has 0 aromatic rings. The number of hydrogen-bond acceptors (Lipinski definition) is 9. The lowest BCUT2D eigenvalue weighted by Crippen LogP contribution is -2.33. The zero-order valence-corrected chi connectivity index (χ0v) is 20.0. The lowest BCUT2D eigenvalue weighted by Gasteiger charge is -2.19. The average molecular weight is 455 g/mol. The van der Waals surface area contributed by atoms with Crippen molar-refractivity contribution in [3.8, 4) is 0 Å². The van der Waals surface area contributed by atoms with Gasteiger partial charge in [0.25, 0.3) is 0 Å². The molecule has 0 atom stereocenters. The van der Waals surface area contributed by atoms with Gasteiger partial charge in [-0.15, -0.1) is 0 Å². The van der Waals surface area contributed by atoms with E-state index >= 15 is 0 Å². The fraction of sp³-hybridized carbons (Fsp3) is 0.895. The Bertz CT molecular complexity index is 513. The molecule has 0 spiro atoms. The van der Waals surface area contributed by atoms with Crippen LogP contribution in [0.5, 0.6) is 0 Å². The molecule has 0 unspecified atom stereocenters. The third-order valence-electron chi connectivity index (χ3n) is 3.19. The molecule has 0 saturated carbocycles. The van der Waals surface area contributed by atoms with Crippen molar-refractivity contribution in [2.45, 2.75) is 48.0 Å². The van der Waals surface area contributed by atoms with E-state index < -0.39 is 20.7 Å². The summed E-state index contributed by atoms with van der Waals surface area (Å²) in [6, 6.07) is 0. The van der Waals surface area contributed by atoms with E-state index in [1.54, 1.807) is 0 Å². The number of amides is 1. The molecule has 0 rings (SSSR count). The normalized spacial score (nSPS) is 11.9.